The van der Waals surface area contributed by atoms with Crippen LogP contribution in [0.25, 0.3) is 21.7 Å². The number of aromatic amines is 1. The SMILES string of the molecule is NC(=O)[C@H](Cc1c[nH]c2ccccc12)NCc1ccc2ccccc2c1. The number of amides is 1. The van der Waals surface area contributed by atoms with Crippen molar-refractivity contribution < 1.29 is 4.79 Å². The maximum absolute atomic E-state index is 11.9. The van der Waals surface area contributed by atoms with Crippen LogP contribution in [0.3, 0.4) is 0 Å². The molecule has 0 bridgehead atoms. The summed E-state index contributed by atoms with van der Waals surface area (Å²) in [6.45, 7) is 0.598. The minimum absolute atomic E-state index is 0.337. The van der Waals surface area contributed by atoms with Gasteiger partial charge in [0.15, 0.2) is 0 Å². The number of nitrogens with one attached hydrogen (secondary N) is 2. The molecule has 4 heteroatoms. The van der Waals surface area contributed by atoms with Crippen LogP contribution in [0.5, 0.6) is 0 Å². The number of para-hydroxylation sites is 1. The molecule has 1 aromatic heterocycles. The highest BCUT2D eigenvalue weighted by molar-refractivity contribution is 5.86. The van der Waals surface area contributed by atoms with Gasteiger partial charge in [-0.1, -0.05) is 54.6 Å². The summed E-state index contributed by atoms with van der Waals surface area (Å²) in [6.07, 6.45) is 2.52. The fourth-order valence-electron chi connectivity index (χ4n) is 3.38. The number of carbonyl (C=O) groups is 1. The number of aromatic nitrogens is 1. The number of benzene rings is 3. The predicted octanol–water partition coefficient (Wildman–Crippen LogP) is 3.51. The number of H-pyrrole nitrogens is 1. The van der Waals surface area contributed by atoms with Gasteiger partial charge in [-0.15, -0.1) is 0 Å². The standard InChI is InChI=1S/C22H21N3O/c23-22(26)21(12-18-14-25-20-8-4-3-7-19(18)20)24-13-15-9-10-16-5-1-2-6-17(16)11-15/h1-11,14,21,24-25H,12-13H2,(H2,23,26)/t21-/m0/s1. The monoisotopic (exact) mass is 343 g/mol. The molecule has 1 atom stereocenters. The Bertz CT molecular complexity index is 1070. The largest absolute Gasteiger partial charge is 0.368 e. The molecule has 4 nitrogen and oxygen atoms in total. The Labute approximate surface area is 152 Å². The van der Waals surface area contributed by atoms with Crippen LogP contribution < -0.4 is 11.1 Å². The molecule has 0 spiro atoms. The summed E-state index contributed by atoms with van der Waals surface area (Å²) in [5, 5.41) is 6.85. The van der Waals surface area contributed by atoms with E-state index in [1.807, 2.05) is 36.5 Å². The molecule has 4 aromatic rings. The average molecular weight is 343 g/mol. The molecular formula is C22H21N3O. The van der Waals surface area contributed by atoms with E-state index in [-0.39, 0.29) is 5.91 Å². The maximum Gasteiger partial charge on any atom is 0.234 e. The molecule has 4 N–H and O–H groups in total. The van der Waals surface area contributed by atoms with Gasteiger partial charge in [-0.25, -0.2) is 0 Å². The van der Waals surface area contributed by atoms with E-state index in [2.05, 4.69) is 46.7 Å². The minimum Gasteiger partial charge on any atom is -0.368 e. The third-order valence-electron chi connectivity index (χ3n) is 4.81. The first-order valence-corrected chi connectivity index (χ1v) is 8.76. The number of hydrogen-bond acceptors (Lipinski definition) is 2. The van der Waals surface area contributed by atoms with Crippen molar-refractivity contribution in [1.29, 1.82) is 0 Å². The van der Waals surface area contributed by atoms with Crippen LogP contribution >= 0.6 is 0 Å². The molecule has 1 amide bonds. The third-order valence-corrected chi connectivity index (χ3v) is 4.81. The van der Waals surface area contributed by atoms with Gasteiger partial charge in [0.2, 0.25) is 5.91 Å². The summed E-state index contributed by atoms with van der Waals surface area (Å²) in [6, 6.07) is 22.2. The Hall–Kier alpha value is -3.11. The number of rotatable bonds is 6. The maximum atomic E-state index is 11.9. The van der Waals surface area contributed by atoms with Gasteiger partial charge in [-0.3, -0.25) is 4.79 Å². The Morgan fingerprint density at radius 1 is 1.00 bits per heavy atom. The van der Waals surface area contributed by atoms with E-state index in [4.69, 9.17) is 5.73 Å². The number of hydrogen-bond donors (Lipinski definition) is 3. The quantitative estimate of drug-likeness (QED) is 0.501. The zero-order valence-corrected chi connectivity index (χ0v) is 14.4. The van der Waals surface area contributed by atoms with Crippen LogP contribution in [-0.2, 0) is 17.8 Å². The van der Waals surface area contributed by atoms with Crippen molar-refractivity contribution in [2.45, 2.75) is 19.0 Å². The van der Waals surface area contributed by atoms with E-state index >= 15 is 0 Å². The second kappa shape index (κ2) is 7.02. The topological polar surface area (TPSA) is 70.9 Å². The van der Waals surface area contributed by atoms with Crippen LogP contribution in [0, 0.1) is 0 Å². The first-order valence-electron chi connectivity index (χ1n) is 8.76. The molecule has 0 saturated heterocycles. The van der Waals surface area contributed by atoms with Crippen molar-refractivity contribution in [1.82, 2.24) is 10.3 Å². The first kappa shape index (κ1) is 16.4. The third kappa shape index (κ3) is 3.32. The fraction of sp³-hybridized carbons (Fsp3) is 0.136. The molecule has 0 fully saturated rings. The molecule has 130 valence electrons. The summed E-state index contributed by atoms with van der Waals surface area (Å²) in [5.74, 6) is -0.337. The van der Waals surface area contributed by atoms with Crippen LogP contribution in [0.15, 0.2) is 72.9 Å². The normalized spacial score (nSPS) is 12.5. The van der Waals surface area contributed by atoms with Gasteiger partial charge in [0.05, 0.1) is 6.04 Å². The molecule has 0 aliphatic carbocycles. The van der Waals surface area contributed by atoms with E-state index in [0.717, 1.165) is 22.0 Å². The van der Waals surface area contributed by atoms with Crippen molar-refractivity contribution >= 4 is 27.6 Å². The minimum atomic E-state index is -0.416. The van der Waals surface area contributed by atoms with Crippen LogP contribution in [0.4, 0.5) is 0 Å². The molecule has 3 aromatic carbocycles. The van der Waals surface area contributed by atoms with Gasteiger partial charge in [0.25, 0.3) is 0 Å². The molecule has 0 aliphatic rings. The van der Waals surface area contributed by atoms with Gasteiger partial charge in [0.1, 0.15) is 0 Å². The summed E-state index contributed by atoms with van der Waals surface area (Å²) in [4.78, 5) is 15.2. The van der Waals surface area contributed by atoms with Gasteiger partial charge in [0, 0.05) is 23.6 Å². The lowest BCUT2D eigenvalue weighted by Gasteiger charge is -2.15. The molecule has 0 saturated carbocycles. The first-order chi connectivity index (χ1) is 12.7. The highest BCUT2D eigenvalue weighted by atomic mass is 16.1. The van der Waals surface area contributed by atoms with Crippen LogP contribution in [-0.4, -0.2) is 16.9 Å². The lowest BCUT2D eigenvalue weighted by atomic mass is 10.0. The Morgan fingerprint density at radius 3 is 2.62 bits per heavy atom. The zero-order chi connectivity index (χ0) is 17.9. The van der Waals surface area contributed by atoms with E-state index in [1.54, 1.807) is 0 Å². The van der Waals surface area contributed by atoms with Crippen molar-refractivity contribution in [2.24, 2.45) is 5.73 Å². The number of carbonyl (C=O) groups excluding carboxylic acids is 1. The van der Waals surface area contributed by atoms with Gasteiger partial charge >= 0.3 is 0 Å². The molecule has 0 radical (unpaired) electrons. The average Bonchev–Trinajstić information content (AvgIpc) is 3.07. The van der Waals surface area contributed by atoms with Crippen molar-refractivity contribution in [3.05, 3.63) is 84.1 Å². The predicted molar refractivity (Wildman–Crippen MR) is 106 cm³/mol. The molecular weight excluding hydrogens is 322 g/mol. The molecule has 0 unspecified atom stereocenters. The Morgan fingerprint density at radius 2 is 1.77 bits per heavy atom. The van der Waals surface area contributed by atoms with Gasteiger partial charge in [-0.05, 0) is 40.5 Å². The van der Waals surface area contributed by atoms with Crippen LogP contribution in [0.1, 0.15) is 11.1 Å². The summed E-state index contributed by atoms with van der Waals surface area (Å²) < 4.78 is 0. The molecule has 0 aliphatic heterocycles. The fourth-order valence-corrected chi connectivity index (χ4v) is 3.38. The zero-order valence-electron chi connectivity index (χ0n) is 14.4. The number of nitrogens with two attached hydrogens (primary N) is 1. The van der Waals surface area contributed by atoms with Gasteiger partial charge in [-0.2, -0.15) is 0 Å². The lowest BCUT2D eigenvalue weighted by Crippen LogP contribution is -2.42. The van der Waals surface area contributed by atoms with E-state index in [0.29, 0.717) is 13.0 Å². The number of fused-ring (bicyclic) bond motifs is 2. The van der Waals surface area contributed by atoms with Crippen LogP contribution in [0.2, 0.25) is 0 Å². The number of primary amides is 1. The van der Waals surface area contributed by atoms with Crippen molar-refractivity contribution in [3.8, 4) is 0 Å². The van der Waals surface area contributed by atoms with E-state index in [9.17, 15) is 4.79 Å². The second-order valence-electron chi connectivity index (χ2n) is 6.58. The summed E-state index contributed by atoms with van der Waals surface area (Å²) >= 11 is 0. The molecule has 4 rings (SSSR count). The van der Waals surface area contributed by atoms with Crippen molar-refractivity contribution in [2.75, 3.05) is 0 Å². The van der Waals surface area contributed by atoms with E-state index in [1.165, 1.54) is 10.8 Å². The summed E-state index contributed by atoms with van der Waals surface area (Å²) in [7, 11) is 0. The molecule has 1 heterocycles. The summed E-state index contributed by atoms with van der Waals surface area (Å²) in [5.41, 5.74) is 8.94. The Balaban J connectivity index is 1.50. The smallest absolute Gasteiger partial charge is 0.234 e. The lowest BCUT2D eigenvalue weighted by molar-refractivity contribution is -0.120. The molecule has 26 heavy (non-hydrogen) atoms. The Kier molecular flexibility index (Phi) is 4.42. The highest BCUT2D eigenvalue weighted by Gasteiger charge is 2.17. The highest BCUT2D eigenvalue weighted by Crippen LogP contribution is 2.20. The van der Waals surface area contributed by atoms with E-state index < -0.39 is 6.04 Å². The van der Waals surface area contributed by atoms with Gasteiger partial charge < -0.3 is 16.0 Å². The second-order valence-corrected chi connectivity index (χ2v) is 6.58. The van der Waals surface area contributed by atoms with Crippen molar-refractivity contribution in [3.63, 3.8) is 0 Å².